The Morgan fingerprint density at radius 2 is 0.922 bits per heavy atom. The van der Waals surface area contributed by atoms with Crippen LogP contribution in [0.5, 0.6) is 0 Å². The smallest absolute Gasteiger partial charge is 0.463 e. The number of carbonyl (C=O) groups is 5. The summed E-state index contributed by atoms with van der Waals surface area (Å²) in [5.74, 6) is -0.869. The van der Waals surface area contributed by atoms with E-state index in [4.69, 9.17) is 55.6 Å². The molecular weight excluding hydrogens is 890 g/mol. The summed E-state index contributed by atoms with van der Waals surface area (Å²) in [6.45, 7) is 20.9. The average molecular weight is 963 g/mol. The lowest BCUT2D eigenvalue weighted by Gasteiger charge is -2.25. The standard InChI is InChI=1S/C39H72N4O19P2/c1-13-19-53-63(49,57-27-33(42-36(47)61-38(7,8)9)25-51-21-15-29(3)59-31(5)44)55-23-17-40-35(46)41-18-24-56-64(50,54-20-14-2)58-28-34(43-37(48)62-39(10,11)12)26-52-22-16-30(4)60-32(6)45/h13-14,29-30,33-34H,1-2,15-28H2,3-12H3,(H,42,47)(H,43,48)(H2,40,41,46)/t29-,30-,33-,34-,63?,64?/m1/s1. The third-order valence-electron chi connectivity index (χ3n) is 6.99. The van der Waals surface area contributed by atoms with Crippen molar-refractivity contribution >= 4 is 45.8 Å². The van der Waals surface area contributed by atoms with E-state index in [1.54, 1.807) is 55.4 Å². The summed E-state index contributed by atoms with van der Waals surface area (Å²) in [5, 5.41) is 10.1. The minimum absolute atomic E-state index is 0.109. The third-order valence-corrected chi connectivity index (χ3v) is 9.85. The second-order valence-electron chi connectivity index (χ2n) is 15.8. The SMILES string of the molecule is C=CCOP(=O)(OCCNC(=O)NCCOP(=O)(OCC=C)OC[C@@H](COCC[C@@H](C)OC(C)=O)NC(=O)OC(C)(C)C)OC[C@@H](COCC[C@@H](C)OC(C)=O)NC(=O)OC(C)(C)C. The monoisotopic (exact) mass is 962 g/mol. The largest absolute Gasteiger partial charge is 0.475 e. The van der Waals surface area contributed by atoms with Crippen molar-refractivity contribution in [1.29, 1.82) is 0 Å². The third kappa shape index (κ3) is 34.7. The van der Waals surface area contributed by atoms with E-state index < -0.39 is 94.5 Å². The summed E-state index contributed by atoms with van der Waals surface area (Å²) >= 11 is 0. The van der Waals surface area contributed by atoms with Gasteiger partial charge in [0.1, 0.15) is 23.4 Å². The van der Waals surface area contributed by atoms with Gasteiger partial charge in [-0.3, -0.25) is 36.7 Å². The van der Waals surface area contributed by atoms with E-state index in [-0.39, 0.29) is 65.9 Å². The highest BCUT2D eigenvalue weighted by Crippen LogP contribution is 2.50. The summed E-state index contributed by atoms with van der Waals surface area (Å²) in [7, 11) is -8.59. The van der Waals surface area contributed by atoms with Gasteiger partial charge in [-0.2, -0.15) is 0 Å². The van der Waals surface area contributed by atoms with Crippen LogP contribution in [0.4, 0.5) is 14.4 Å². The van der Waals surface area contributed by atoms with Crippen molar-refractivity contribution in [3.8, 4) is 0 Å². The minimum Gasteiger partial charge on any atom is -0.463 e. The van der Waals surface area contributed by atoms with Gasteiger partial charge in [0, 0.05) is 39.8 Å². The molecule has 2 unspecified atom stereocenters. The maximum Gasteiger partial charge on any atom is 0.475 e. The van der Waals surface area contributed by atoms with E-state index in [2.05, 4.69) is 34.4 Å². The quantitative estimate of drug-likeness (QED) is 0.0204. The highest BCUT2D eigenvalue weighted by Gasteiger charge is 2.31. The maximum absolute atomic E-state index is 13.5. The number of carbonyl (C=O) groups excluding carboxylic acids is 5. The van der Waals surface area contributed by atoms with Crippen LogP contribution in [-0.2, 0) is 74.3 Å². The Hall–Kier alpha value is -3.63. The summed E-state index contributed by atoms with van der Waals surface area (Å²) in [6.07, 6.45) is 0.971. The van der Waals surface area contributed by atoms with Crippen LogP contribution in [0.3, 0.4) is 0 Å². The van der Waals surface area contributed by atoms with Crippen molar-refractivity contribution in [2.45, 2.75) is 118 Å². The van der Waals surface area contributed by atoms with Crippen LogP contribution in [0.2, 0.25) is 0 Å². The number of esters is 2. The van der Waals surface area contributed by atoms with Crippen LogP contribution in [0, 0.1) is 0 Å². The number of urea groups is 1. The fraction of sp³-hybridized carbons (Fsp3) is 0.769. The normalized spacial score (nSPS) is 15.4. The first-order valence-electron chi connectivity index (χ1n) is 20.6. The van der Waals surface area contributed by atoms with Gasteiger partial charge in [0.05, 0.1) is 78.2 Å². The molecule has 0 aliphatic carbocycles. The number of nitrogens with one attached hydrogen (secondary N) is 4. The molecule has 0 aliphatic heterocycles. The lowest BCUT2D eigenvalue weighted by molar-refractivity contribution is -0.147. The van der Waals surface area contributed by atoms with Crippen molar-refractivity contribution in [1.82, 2.24) is 21.3 Å². The van der Waals surface area contributed by atoms with Gasteiger partial charge in [-0.1, -0.05) is 12.2 Å². The predicted molar refractivity (Wildman–Crippen MR) is 232 cm³/mol. The van der Waals surface area contributed by atoms with Gasteiger partial charge in [0.15, 0.2) is 0 Å². The van der Waals surface area contributed by atoms with Crippen molar-refractivity contribution in [3.05, 3.63) is 25.3 Å². The Labute approximate surface area is 377 Å². The Morgan fingerprint density at radius 3 is 1.23 bits per heavy atom. The molecule has 0 spiro atoms. The van der Waals surface area contributed by atoms with Crippen LogP contribution >= 0.6 is 15.6 Å². The lowest BCUT2D eigenvalue weighted by atomic mass is 10.2. The van der Waals surface area contributed by atoms with E-state index >= 15 is 0 Å². The summed E-state index contributed by atoms with van der Waals surface area (Å²) < 4.78 is 91.4. The Morgan fingerprint density at radius 1 is 0.562 bits per heavy atom. The van der Waals surface area contributed by atoms with Gasteiger partial charge < -0.3 is 49.7 Å². The van der Waals surface area contributed by atoms with Crippen molar-refractivity contribution in [2.75, 3.05) is 79.2 Å². The van der Waals surface area contributed by atoms with Gasteiger partial charge in [-0.15, -0.1) is 13.2 Å². The van der Waals surface area contributed by atoms with Crippen LogP contribution in [-0.4, -0.2) is 145 Å². The molecule has 372 valence electrons. The fourth-order valence-electron chi connectivity index (χ4n) is 4.43. The zero-order chi connectivity index (χ0) is 48.8. The molecule has 0 radical (unpaired) electrons. The number of ether oxygens (including phenoxy) is 6. The molecule has 0 heterocycles. The first-order chi connectivity index (χ1) is 29.8. The Balaban J connectivity index is 5.27. The zero-order valence-electron chi connectivity index (χ0n) is 38.9. The van der Waals surface area contributed by atoms with Gasteiger partial charge in [-0.25, -0.2) is 23.5 Å². The number of rotatable bonds is 34. The van der Waals surface area contributed by atoms with E-state index in [0.717, 1.165) is 0 Å². The molecule has 0 rings (SSSR count). The molecule has 0 saturated heterocycles. The fourth-order valence-corrected chi connectivity index (χ4v) is 6.80. The molecule has 0 bridgehead atoms. The molecule has 0 aliphatic rings. The molecule has 4 N–H and O–H groups in total. The molecule has 6 atom stereocenters. The number of alkyl carbamates (subject to hydrolysis) is 2. The number of phosphoric acid groups is 2. The van der Waals surface area contributed by atoms with Gasteiger partial charge in [0.25, 0.3) is 0 Å². The number of amides is 4. The number of phosphoric ester groups is 2. The summed E-state index contributed by atoms with van der Waals surface area (Å²) in [6, 6.07) is -2.48. The van der Waals surface area contributed by atoms with E-state index in [9.17, 15) is 33.1 Å². The van der Waals surface area contributed by atoms with Crippen LogP contribution in [0.1, 0.15) is 82.1 Å². The summed E-state index contributed by atoms with van der Waals surface area (Å²) in [5.41, 5.74) is -1.63. The second-order valence-corrected chi connectivity index (χ2v) is 19.1. The van der Waals surface area contributed by atoms with E-state index in [1.165, 1.54) is 26.0 Å². The molecule has 0 aromatic heterocycles. The van der Waals surface area contributed by atoms with Gasteiger partial charge in [0.2, 0.25) is 0 Å². The maximum atomic E-state index is 13.5. The number of hydrogen-bond donors (Lipinski definition) is 4. The molecule has 0 aromatic rings. The lowest BCUT2D eigenvalue weighted by Crippen LogP contribution is -2.44. The zero-order valence-corrected chi connectivity index (χ0v) is 40.7. The molecule has 64 heavy (non-hydrogen) atoms. The van der Waals surface area contributed by atoms with E-state index in [0.29, 0.717) is 12.8 Å². The Bertz CT molecular complexity index is 1420. The second kappa shape index (κ2) is 32.1. The van der Waals surface area contributed by atoms with Gasteiger partial charge >= 0.3 is 45.8 Å². The molecule has 23 nitrogen and oxygen atoms in total. The average Bonchev–Trinajstić information content (AvgIpc) is 3.16. The topological polar surface area (TPSA) is 278 Å². The van der Waals surface area contributed by atoms with E-state index in [1.807, 2.05) is 0 Å². The molecule has 0 aromatic carbocycles. The van der Waals surface area contributed by atoms with Crippen molar-refractivity contribution < 1.29 is 88.7 Å². The summed E-state index contributed by atoms with van der Waals surface area (Å²) in [4.78, 5) is 59.9. The highest BCUT2D eigenvalue weighted by molar-refractivity contribution is 7.48. The molecule has 25 heteroatoms. The Kier molecular flexibility index (Phi) is 30.3. The molecule has 4 amide bonds. The van der Waals surface area contributed by atoms with Crippen LogP contribution in [0.15, 0.2) is 25.3 Å². The van der Waals surface area contributed by atoms with Crippen LogP contribution < -0.4 is 21.3 Å². The predicted octanol–water partition coefficient (Wildman–Crippen LogP) is 5.48. The first-order valence-corrected chi connectivity index (χ1v) is 23.5. The van der Waals surface area contributed by atoms with Crippen molar-refractivity contribution in [2.24, 2.45) is 0 Å². The van der Waals surface area contributed by atoms with Crippen LogP contribution in [0.25, 0.3) is 0 Å². The minimum atomic E-state index is -4.30. The molecule has 0 fully saturated rings. The molecule has 0 saturated carbocycles. The number of hydrogen-bond acceptors (Lipinski definition) is 19. The molecular formula is C39H72N4O19P2. The highest BCUT2D eigenvalue weighted by atomic mass is 31.2. The van der Waals surface area contributed by atoms with Crippen molar-refractivity contribution in [3.63, 3.8) is 0 Å². The van der Waals surface area contributed by atoms with Gasteiger partial charge in [-0.05, 0) is 55.4 Å². The first kappa shape index (κ1) is 60.4.